The van der Waals surface area contributed by atoms with Crippen LogP contribution in [0, 0.1) is 24.6 Å². The summed E-state index contributed by atoms with van der Waals surface area (Å²) in [6.07, 6.45) is 0.883. The maximum Gasteiger partial charge on any atom is 0.258 e. The number of H-pyrrole nitrogens is 1. The lowest BCUT2D eigenvalue weighted by Gasteiger charge is -2.35. The summed E-state index contributed by atoms with van der Waals surface area (Å²) in [5.41, 5.74) is 0.328. The van der Waals surface area contributed by atoms with Crippen molar-refractivity contribution >= 4 is 29.3 Å². The van der Waals surface area contributed by atoms with Gasteiger partial charge in [0.2, 0.25) is 17.8 Å². The van der Waals surface area contributed by atoms with Gasteiger partial charge in [0.25, 0.3) is 5.56 Å². The third-order valence-electron chi connectivity index (χ3n) is 5.81. The second-order valence-corrected chi connectivity index (χ2v) is 8.78. The first-order valence-electron chi connectivity index (χ1n) is 10.5. The van der Waals surface area contributed by atoms with Crippen LogP contribution in [-0.2, 0) is 9.59 Å². The Labute approximate surface area is 179 Å². The molecular weight excluding hydrogens is 401 g/mol. The molecule has 9 heteroatoms. The highest BCUT2D eigenvalue weighted by Crippen LogP contribution is 2.31. The Hall–Kier alpha value is -3.23. The minimum atomic E-state index is -1.06. The molecule has 1 aromatic carbocycles. The molecule has 2 aromatic rings. The number of benzene rings is 1. The van der Waals surface area contributed by atoms with Crippen molar-refractivity contribution in [3.8, 4) is 0 Å². The molecule has 1 saturated heterocycles. The standard InChI is InChI=1S/C22H26FN5O3/c1-11-4-5-16(15(23)7-11)24-20(30)14-8-17(29)25-19-18(14)21(31)27-22(26-19)28-9-12(2)6-13(3)10-28/h4-5,7,12-14H,6,8-10H2,1-3H3,(H,24,30)(H2,25,26,27,29,31). The molecule has 0 bridgehead atoms. The Morgan fingerprint density at radius 1 is 1.23 bits per heavy atom. The number of aromatic nitrogens is 2. The molecule has 2 amide bonds. The largest absolute Gasteiger partial charge is 0.342 e. The Morgan fingerprint density at radius 2 is 1.94 bits per heavy atom. The molecule has 3 heterocycles. The van der Waals surface area contributed by atoms with Crippen LogP contribution in [0.3, 0.4) is 0 Å². The lowest BCUT2D eigenvalue weighted by Crippen LogP contribution is -2.42. The van der Waals surface area contributed by atoms with E-state index in [4.69, 9.17) is 0 Å². The zero-order valence-electron chi connectivity index (χ0n) is 17.8. The van der Waals surface area contributed by atoms with E-state index in [1.54, 1.807) is 13.0 Å². The van der Waals surface area contributed by atoms with Crippen LogP contribution in [0.1, 0.15) is 43.7 Å². The highest BCUT2D eigenvalue weighted by Gasteiger charge is 2.36. The van der Waals surface area contributed by atoms with Gasteiger partial charge in [-0.15, -0.1) is 0 Å². The van der Waals surface area contributed by atoms with Gasteiger partial charge in [-0.2, -0.15) is 4.98 Å². The molecule has 0 radical (unpaired) electrons. The smallest absolute Gasteiger partial charge is 0.258 e. The number of aryl methyl sites for hydroxylation is 1. The summed E-state index contributed by atoms with van der Waals surface area (Å²) >= 11 is 0. The molecule has 3 unspecified atom stereocenters. The van der Waals surface area contributed by atoms with E-state index in [1.807, 2.05) is 4.90 Å². The van der Waals surface area contributed by atoms with Gasteiger partial charge in [-0.05, 0) is 42.9 Å². The van der Waals surface area contributed by atoms with E-state index in [0.29, 0.717) is 23.3 Å². The summed E-state index contributed by atoms with van der Waals surface area (Å²) in [6.45, 7) is 7.52. The number of piperidine rings is 1. The summed E-state index contributed by atoms with van der Waals surface area (Å²) in [7, 11) is 0. The van der Waals surface area contributed by atoms with Gasteiger partial charge in [-0.25, -0.2) is 4.39 Å². The van der Waals surface area contributed by atoms with Crippen molar-refractivity contribution in [2.24, 2.45) is 11.8 Å². The summed E-state index contributed by atoms with van der Waals surface area (Å²) in [6, 6.07) is 4.43. The van der Waals surface area contributed by atoms with Crippen molar-refractivity contribution in [2.75, 3.05) is 28.6 Å². The third kappa shape index (κ3) is 4.30. The summed E-state index contributed by atoms with van der Waals surface area (Å²) < 4.78 is 14.2. The number of hydrogen-bond acceptors (Lipinski definition) is 5. The Bertz CT molecular complexity index is 1090. The average Bonchev–Trinajstić information content (AvgIpc) is 2.68. The molecule has 2 aliphatic heterocycles. The fourth-order valence-electron chi connectivity index (χ4n) is 4.51. The Kier molecular flexibility index (Phi) is 5.51. The van der Waals surface area contributed by atoms with Crippen molar-refractivity contribution in [3.05, 3.63) is 45.5 Å². The molecular formula is C22H26FN5O3. The number of rotatable bonds is 3. The zero-order chi connectivity index (χ0) is 22.3. The van der Waals surface area contributed by atoms with Gasteiger partial charge in [0.1, 0.15) is 11.6 Å². The fourth-order valence-corrected chi connectivity index (χ4v) is 4.51. The van der Waals surface area contributed by atoms with Crippen molar-refractivity contribution in [1.29, 1.82) is 0 Å². The van der Waals surface area contributed by atoms with Gasteiger partial charge < -0.3 is 15.5 Å². The number of halogens is 1. The molecule has 3 N–H and O–H groups in total. The number of nitrogens with zero attached hydrogens (tertiary/aromatic N) is 2. The number of carbonyl (C=O) groups excluding carboxylic acids is 2. The molecule has 164 valence electrons. The molecule has 3 atom stereocenters. The molecule has 0 spiro atoms. The molecule has 2 aliphatic rings. The molecule has 8 nitrogen and oxygen atoms in total. The van der Waals surface area contributed by atoms with E-state index in [-0.39, 0.29) is 23.5 Å². The van der Waals surface area contributed by atoms with Crippen LogP contribution >= 0.6 is 0 Å². The van der Waals surface area contributed by atoms with E-state index in [1.165, 1.54) is 12.1 Å². The minimum Gasteiger partial charge on any atom is -0.342 e. The number of amides is 2. The van der Waals surface area contributed by atoms with Crippen LogP contribution in [0.25, 0.3) is 0 Å². The van der Waals surface area contributed by atoms with Gasteiger partial charge in [0.15, 0.2) is 0 Å². The van der Waals surface area contributed by atoms with Crippen LogP contribution in [0.2, 0.25) is 0 Å². The molecule has 1 fully saturated rings. The number of anilines is 3. The molecule has 1 aromatic heterocycles. The van der Waals surface area contributed by atoms with E-state index < -0.39 is 29.1 Å². The minimum absolute atomic E-state index is 0.000400. The number of fused-ring (bicyclic) bond motifs is 1. The zero-order valence-corrected chi connectivity index (χ0v) is 17.8. The summed E-state index contributed by atoms with van der Waals surface area (Å²) in [4.78, 5) is 47.4. The van der Waals surface area contributed by atoms with E-state index in [0.717, 1.165) is 19.5 Å². The monoisotopic (exact) mass is 427 g/mol. The van der Waals surface area contributed by atoms with Crippen LogP contribution < -0.4 is 21.1 Å². The second-order valence-electron chi connectivity index (χ2n) is 8.78. The first-order chi connectivity index (χ1) is 14.7. The van der Waals surface area contributed by atoms with Crippen molar-refractivity contribution in [1.82, 2.24) is 9.97 Å². The van der Waals surface area contributed by atoms with Gasteiger partial charge in [0.05, 0.1) is 17.2 Å². The highest BCUT2D eigenvalue weighted by molar-refractivity contribution is 6.04. The lowest BCUT2D eigenvalue weighted by molar-refractivity contribution is -0.123. The Balaban J connectivity index is 1.65. The van der Waals surface area contributed by atoms with Crippen molar-refractivity contribution in [3.63, 3.8) is 0 Å². The van der Waals surface area contributed by atoms with Gasteiger partial charge >= 0.3 is 0 Å². The van der Waals surface area contributed by atoms with Gasteiger partial charge in [-0.1, -0.05) is 19.9 Å². The third-order valence-corrected chi connectivity index (χ3v) is 5.81. The SMILES string of the molecule is Cc1ccc(NC(=O)C2CC(=O)Nc3nc(N4CC(C)CC(C)C4)[nH]c(=O)c32)c(F)c1. The van der Waals surface area contributed by atoms with Gasteiger partial charge in [0, 0.05) is 19.5 Å². The number of aromatic amines is 1. The summed E-state index contributed by atoms with van der Waals surface area (Å²) in [5, 5.41) is 5.12. The molecule has 31 heavy (non-hydrogen) atoms. The highest BCUT2D eigenvalue weighted by atomic mass is 19.1. The van der Waals surface area contributed by atoms with E-state index in [2.05, 4.69) is 34.4 Å². The maximum absolute atomic E-state index is 14.2. The molecule has 0 saturated carbocycles. The van der Waals surface area contributed by atoms with E-state index in [9.17, 15) is 18.8 Å². The molecule has 4 rings (SSSR count). The molecule has 0 aliphatic carbocycles. The normalized spacial score (nSPS) is 23.2. The number of carbonyl (C=O) groups is 2. The van der Waals surface area contributed by atoms with Crippen LogP contribution in [-0.4, -0.2) is 34.9 Å². The average molecular weight is 427 g/mol. The van der Waals surface area contributed by atoms with Gasteiger partial charge in [-0.3, -0.25) is 19.4 Å². The van der Waals surface area contributed by atoms with Crippen molar-refractivity contribution in [2.45, 2.75) is 39.5 Å². The predicted molar refractivity (Wildman–Crippen MR) is 116 cm³/mol. The number of hydrogen-bond donors (Lipinski definition) is 3. The van der Waals surface area contributed by atoms with Crippen LogP contribution in [0.15, 0.2) is 23.0 Å². The quantitative estimate of drug-likeness (QED) is 0.698. The second kappa shape index (κ2) is 8.13. The van der Waals surface area contributed by atoms with E-state index >= 15 is 0 Å². The fraction of sp³-hybridized carbons (Fsp3) is 0.455. The Morgan fingerprint density at radius 3 is 2.61 bits per heavy atom. The maximum atomic E-state index is 14.2. The topological polar surface area (TPSA) is 107 Å². The van der Waals surface area contributed by atoms with Crippen molar-refractivity contribution < 1.29 is 14.0 Å². The first kappa shape index (κ1) is 21.0. The predicted octanol–water partition coefficient (Wildman–Crippen LogP) is 2.76. The number of nitrogens with one attached hydrogen (secondary N) is 3. The summed E-state index contributed by atoms with van der Waals surface area (Å²) in [5.74, 6) is -1.32. The lowest BCUT2D eigenvalue weighted by atomic mass is 9.91. The van der Waals surface area contributed by atoms with Crippen LogP contribution in [0.4, 0.5) is 21.8 Å². The first-order valence-corrected chi connectivity index (χ1v) is 10.5. The van der Waals surface area contributed by atoms with Crippen LogP contribution in [0.5, 0.6) is 0 Å².